The average Bonchev–Trinajstić information content (AvgIpc) is 2.69. The molecular formula is C14H19N. The first-order valence-electron chi connectivity index (χ1n) is 6.24. The predicted octanol–water partition coefficient (Wildman–Crippen LogP) is 3.03. The summed E-state index contributed by atoms with van der Waals surface area (Å²) < 4.78 is 0. The number of hydrogen-bond donors (Lipinski definition) is 1. The Kier molecular flexibility index (Phi) is 2.49. The van der Waals surface area contributed by atoms with Crippen LogP contribution < -0.4 is 5.32 Å². The van der Waals surface area contributed by atoms with Crippen molar-refractivity contribution in [1.29, 1.82) is 0 Å². The fourth-order valence-electron chi connectivity index (χ4n) is 2.89. The molecule has 2 aliphatic rings. The summed E-state index contributed by atoms with van der Waals surface area (Å²) in [5, 5.41) is 3.47. The van der Waals surface area contributed by atoms with Gasteiger partial charge in [-0.15, -0.1) is 0 Å². The van der Waals surface area contributed by atoms with Gasteiger partial charge in [-0.05, 0) is 48.8 Å². The van der Waals surface area contributed by atoms with Crippen LogP contribution in [0.15, 0.2) is 24.3 Å². The summed E-state index contributed by atoms with van der Waals surface area (Å²) in [6.07, 6.45) is 5.58. The van der Waals surface area contributed by atoms with Gasteiger partial charge in [0, 0.05) is 6.54 Å². The van der Waals surface area contributed by atoms with Crippen LogP contribution in [-0.2, 0) is 0 Å². The molecule has 0 bridgehead atoms. The van der Waals surface area contributed by atoms with Crippen molar-refractivity contribution in [3.8, 4) is 0 Å². The molecule has 1 saturated heterocycles. The summed E-state index contributed by atoms with van der Waals surface area (Å²) in [7, 11) is 0. The van der Waals surface area contributed by atoms with Gasteiger partial charge in [0.15, 0.2) is 0 Å². The smallest absolute Gasteiger partial charge is 0.00207 e. The van der Waals surface area contributed by atoms with E-state index in [9.17, 15) is 0 Å². The lowest BCUT2D eigenvalue weighted by Crippen LogP contribution is -2.14. The van der Waals surface area contributed by atoms with E-state index in [1.165, 1.54) is 38.8 Å². The summed E-state index contributed by atoms with van der Waals surface area (Å²) in [5.74, 6) is 1.66. The molecule has 1 nitrogen and oxygen atoms in total. The summed E-state index contributed by atoms with van der Waals surface area (Å²) in [6, 6.07) is 9.12. The van der Waals surface area contributed by atoms with Gasteiger partial charge >= 0.3 is 0 Å². The van der Waals surface area contributed by atoms with Crippen molar-refractivity contribution in [3.63, 3.8) is 0 Å². The van der Waals surface area contributed by atoms with Gasteiger partial charge in [0.1, 0.15) is 0 Å². The van der Waals surface area contributed by atoms with Gasteiger partial charge in [0.05, 0.1) is 0 Å². The van der Waals surface area contributed by atoms with Crippen molar-refractivity contribution in [1.82, 2.24) is 5.32 Å². The highest BCUT2D eigenvalue weighted by molar-refractivity contribution is 5.35. The van der Waals surface area contributed by atoms with Gasteiger partial charge in [-0.3, -0.25) is 0 Å². The molecule has 1 aliphatic carbocycles. The van der Waals surface area contributed by atoms with Crippen molar-refractivity contribution in [2.45, 2.75) is 37.5 Å². The van der Waals surface area contributed by atoms with E-state index in [-0.39, 0.29) is 0 Å². The first-order valence-corrected chi connectivity index (χ1v) is 6.24. The van der Waals surface area contributed by atoms with Crippen LogP contribution in [-0.4, -0.2) is 13.1 Å². The molecule has 1 aromatic rings. The molecule has 1 heteroatoms. The van der Waals surface area contributed by atoms with Gasteiger partial charge in [-0.25, -0.2) is 0 Å². The van der Waals surface area contributed by atoms with E-state index in [0.717, 1.165) is 11.8 Å². The normalized spacial score (nSPS) is 26.5. The predicted molar refractivity (Wildman–Crippen MR) is 63.3 cm³/mol. The van der Waals surface area contributed by atoms with Crippen LogP contribution >= 0.6 is 0 Å². The van der Waals surface area contributed by atoms with Crippen molar-refractivity contribution >= 4 is 0 Å². The van der Waals surface area contributed by atoms with Gasteiger partial charge in [-0.2, -0.15) is 0 Å². The van der Waals surface area contributed by atoms with Crippen LogP contribution in [0.1, 0.15) is 48.6 Å². The minimum absolute atomic E-state index is 0.779. The van der Waals surface area contributed by atoms with Crippen molar-refractivity contribution in [2.24, 2.45) is 0 Å². The van der Waals surface area contributed by atoms with Crippen LogP contribution in [0.2, 0.25) is 0 Å². The first-order chi connectivity index (χ1) is 7.45. The molecule has 0 radical (unpaired) electrons. The quantitative estimate of drug-likeness (QED) is 0.775. The Morgan fingerprint density at radius 2 is 1.67 bits per heavy atom. The molecule has 1 N–H and O–H groups in total. The maximum atomic E-state index is 3.47. The van der Waals surface area contributed by atoms with E-state index in [1.54, 1.807) is 11.1 Å². The Balaban J connectivity index is 1.90. The van der Waals surface area contributed by atoms with Gasteiger partial charge < -0.3 is 5.32 Å². The second-order valence-corrected chi connectivity index (χ2v) is 4.95. The zero-order valence-electron chi connectivity index (χ0n) is 9.21. The zero-order chi connectivity index (χ0) is 10.1. The minimum Gasteiger partial charge on any atom is -0.316 e. The molecule has 0 amide bonds. The number of benzene rings is 1. The monoisotopic (exact) mass is 201 g/mol. The number of rotatable bonds is 2. The lowest BCUT2D eigenvalue weighted by Gasteiger charge is -2.29. The summed E-state index contributed by atoms with van der Waals surface area (Å²) in [4.78, 5) is 0. The third-order valence-electron chi connectivity index (χ3n) is 4.04. The zero-order valence-corrected chi connectivity index (χ0v) is 9.21. The molecule has 3 rings (SSSR count). The summed E-state index contributed by atoms with van der Waals surface area (Å²) in [5.41, 5.74) is 3.28. The molecule has 1 aliphatic heterocycles. The van der Waals surface area contributed by atoms with Crippen LogP contribution in [0.5, 0.6) is 0 Å². The largest absolute Gasteiger partial charge is 0.316 e. The van der Waals surface area contributed by atoms with Crippen molar-refractivity contribution in [3.05, 3.63) is 35.4 Å². The van der Waals surface area contributed by atoms with Gasteiger partial charge in [-0.1, -0.05) is 30.7 Å². The molecule has 0 spiro atoms. The Labute approximate surface area is 91.9 Å². The van der Waals surface area contributed by atoms with Crippen LogP contribution in [0.3, 0.4) is 0 Å². The first kappa shape index (κ1) is 9.41. The Morgan fingerprint density at radius 1 is 0.933 bits per heavy atom. The fourth-order valence-corrected chi connectivity index (χ4v) is 2.89. The molecule has 1 heterocycles. The summed E-state index contributed by atoms with van der Waals surface area (Å²) in [6.45, 7) is 2.38. The molecule has 0 aromatic heterocycles. The van der Waals surface area contributed by atoms with E-state index >= 15 is 0 Å². The van der Waals surface area contributed by atoms with E-state index < -0.39 is 0 Å². The van der Waals surface area contributed by atoms with E-state index in [4.69, 9.17) is 0 Å². The lowest BCUT2D eigenvalue weighted by molar-refractivity contribution is 0.415. The van der Waals surface area contributed by atoms with E-state index in [2.05, 4.69) is 29.6 Å². The minimum atomic E-state index is 0.779. The van der Waals surface area contributed by atoms with Gasteiger partial charge in [0.2, 0.25) is 0 Å². The number of nitrogens with one attached hydrogen (secondary N) is 1. The van der Waals surface area contributed by atoms with Crippen LogP contribution in [0.4, 0.5) is 0 Å². The molecule has 80 valence electrons. The van der Waals surface area contributed by atoms with Crippen molar-refractivity contribution in [2.75, 3.05) is 13.1 Å². The Hall–Kier alpha value is -0.820. The highest BCUT2D eigenvalue weighted by Gasteiger charge is 2.26. The lowest BCUT2D eigenvalue weighted by atomic mass is 9.76. The fraction of sp³-hybridized carbons (Fsp3) is 0.571. The molecule has 15 heavy (non-hydrogen) atoms. The second-order valence-electron chi connectivity index (χ2n) is 4.95. The second kappa shape index (κ2) is 3.97. The Morgan fingerprint density at radius 3 is 2.20 bits per heavy atom. The third kappa shape index (κ3) is 1.69. The molecule has 1 aromatic carbocycles. The Bertz CT molecular complexity index is 335. The molecule has 1 atom stereocenters. The molecule has 2 fully saturated rings. The average molecular weight is 201 g/mol. The van der Waals surface area contributed by atoms with Crippen molar-refractivity contribution < 1.29 is 0 Å². The topological polar surface area (TPSA) is 12.0 Å². The van der Waals surface area contributed by atoms with E-state index in [1.807, 2.05) is 0 Å². The highest BCUT2D eigenvalue weighted by Crippen LogP contribution is 2.40. The maximum Gasteiger partial charge on any atom is 0.00207 e. The molecule has 1 saturated carbocycles. The third-order valence-corrected chi connectivity index (χ3v) is 4.04. The molecule has 1 unspecified atom stereocenters. The van der Waals surface area contributed by atoms with Crippen LogP contribution in [0.25, 0.3) is 0 Å². The van der Waals surface area contributed by atoms with E-state index in [0.29, 0.717) is 0 Å². The maximum absolute atomic E-state index is 3.47. The summed E-state index contributed by atoms with van der Waals surface area (Å²) >= 11 is 0. The number of hydrogen-bond acceptors (Lipinski definition) is 1. The van der Waals surface area contributed by atoms with Gasteiger partial charge in [0.25, 0.3) is 0 Å². The standard InChI is InChI=1S/C14H19N/c1-2-7-14(12-8-9-15-10-12)13(6-1)11-4-3-5-11/h1-2,6-7,11-12,15H,3-5,8-10H2. The SMILES string of the molecule is c1ccc(C2CCNC2)c(C2CCC2)c1. The van der Waals surface area contributed by atoms with Crippen LogP contribution in [0, 0.1) is 0 Å². The molecular weight excluding hydrogens is 182 g/mol. The highest BCUT2D eigenvalue weighted by atomic mass is 14.9.